The second-order valence-corrected chi connectivity index (χ2v) is 7.56. The second-order valence-electron chi connectivity index (χ2n) is 6.46. The van der Waals surface area contributed by atoms with Gasteiger partial charge in [-0.05, 0) is 31.5 Å². The summed E-state index contributed by atoms with van der Waals surface area (Å²) in [6.45, 7) is 5.42. The molecule has 3 rings (SSSR count). The highest BCUT2D eigenvalue weighted by atomic mass is 32.2. The van der Waals surface area contributed by atoms with Crippen molar-refractivity contribution in [1.82, 2.24) is 5.32 Å². The van der Waals surface area contributed by atoms with Crippen LogP contribution in [0.15, 0.2) is 65.6 Å². The molecule has 1 aliphatic rings. The highest BCUT2D eigenvalue weighted by Crippen LogP contribution is 2.27. The number of rotatable bonds is 7. The van der Waals surface area contributed by atoms with Crippen LogP contribution in [0.3, 0.4) is 0 Å². The quantitative estimate of drug-likeness (QED) is 0.767. The first-order valence-corrected chi connectivity index (χ1v) is 9.38. The van der Waals surface area contributed by atoms with Gasteiger partial charge in [0.25, 0.3) is 0 Å². The van der Waals surface area contributed by atoms with Crippen molar-refractivity contribution in [3.63, 3.8) is 0 Å². The number of nitrogens with one attached hydrogen (secondary N) is 1. The third-order valence-corrected chi connectivity index (χ3v) is 5.19. The summed E-state index contributed by atoms with van der Waals surface area (Å²) in [7, 11) is 0. The van der Waals surface area contributed by atoms with E-state index in [-0.39, 0.29) is 12.1 Å². The standard InChI is InChI=1S/C20H25NO2S/c1-20(2)22-14-19(23-20)18(15-24-17-11-7-4-8-12-17)21-13-16-9-5-3-6-10-16/h3-12,18-19,21H,13-15H2,1-2H3/t18-,19-/m1/s1. The molecule has 0 spiro atoms. The summed E-state index contributed by atoms with van der Waals surface area (Å²) >= 11 is 1.85. The van der Waals surface area contributed by atoms with Crippen molar-refractivity contribution in [2.45, 2.75) is 43.2 Å². The summed E-state index contributed by atoms with van der Waals surface area (Å²) in [5.74, 6) is 0.454. The van der Waals surface area contributed by atoms with E-state index in [9.17, 15) is 0 Å². The van der Waals surface area contributed by atoms with E-state index >= 15 is 0 Å². The molecule has 1 fully saturated rings. The molecule has 1 heterocycles. The predicted molar refractivity (Wildman–Crippen MR) is 99.1 cm³/mol. The highest BCUT2D eigenvalue weighted by Gasteiger charge is 2.37. The van der Waals surface area contributed by atoms with Crippen LogP contribution in [0.2, 0.25) is 0 Å². The molecule has 0 bridgehead atoms. The minimum absolute atomic E-state index is 0.0694. The first-order chi connectivity index (χ1) is 11.6. The van der Waals surface area contributed by atoms with Crippen LogP contribution in [-0.2, 0) is 16.0 Å². The van der Waals surface area contributed by atoms with Crippen molar-refractivity contribution in [2.24, 2.45) is 0 Å². The monoisotopic (exact) mass is 343 g/mol. The van der Waals surface area contributed by atoms with Crippen LogP contribution >= 0.6 is 11.8 Å². The maximum atomic E-state index is 6.09. The summed E-state index contributed by atoms with van der Waals surface area (Å²) in [5, 5.41) is 3.66. The fraction of sp³-hybridized carbons (Fsp3) is 0.400. The van der Waals surface area contributed by atoms with Crippen LogP contribution in [0.4, 0.5) is 0 Å². The maximum Gasteiger partial charge on any atom is 0.163 e. The van der Waals surface area contributed by atoms with Gasteiger partial charge in [0, 0.05) is 23.2 Å². The predicted octanol–water partition coefficient (Wildman–Crippen LogP) is 4.09. The van der Waals surface area contributed by atoms with Gasteiger partial charge in [0.15, 0.2) is 5.79 Å². The smallest absolute Gasteiger partial charge is 0.163 e. The fourth-order valence-corrected chi connectivity index (χ4v) is 3.81. The Hall–Kier alpha value is -1.33. The number of benzene rings is 2. The van der Waals surface area contributed by atoms with Gasteiger partial charge in [-0.1, -0.05) is 48.5 Å². The molecular weight excluding hydrogens is 318 g/mol. The van der Waals surface area contributed by atoms with E-state index in [4.69, 9.17) is 9.47 Å². The molecule has 1 N–H and O–H groups in total. The van der Waals surface area contributed by atoms with Crippen LogP contribution in [0.5, 0.6) is 0 Å². The molecule has 4 heteroatoms. The molecule has 0 radical (unpaired) electrons. The van der Waals surface area contributed by atoms with E-state index in [0.29, 0.717) is 6.61 Å². The van der Waals surface area contributed by atoms with Crippen LogP contribution < -0.4 is 5.32 Å². The lowest BCUT2D eigenvalue weighted by atomic mass is 10.1. The lowest BCUT2D eigenvalue weighted by Crippen LogP contribution is -2.43. The van der Waals surface area contributed by atoms with Crippen molar-refractivity contribution in [1.29, 1.82) is 0 Å². The lowest BCUT2D eigenvalue weighted by Gasteiger charge is -2.25. The molecule has 0 aliphatic carbocycles. The number of thioether (sulfide) groups is 1. The van der Waals surface area contributed by atoms with E-state index in [1.54, 1.807) is 0 Å². The Bertz CT molecular complexity index is 575. The molecular formula is C20H25NO2S. The SMILES string of the molecule is CC1(C)OC[C@H]([C@@H](CSc2ccccc2)NCc2ccccc2)O1. The Labute approximate surface area is 148 Å². The molecule has 0 amide bonds. The minimum Gasteiger partial charge on any atom is -0.348 e. The Kier molecular flexibility index (Phi) is 5.95. The first-order valence-electron chi connectivity index (χ1n) is 8.39. The number of hydrogen-bond acceptors (Lipinski definition) is 4. The first kappa shape index (κ1) is 17.5. The van der Waals surface area contributed by atoms with Gasteiger partial charge in [0.2, 0.25) is 0 Å². The lowest BCUT2D eigenvalue weighted by molar-refractivity contribution is -0.141. The van der Waals surface area contributed by atoms with E-state index in [1.807, 2.05) is 37.7 Å². The zero-order valence-electron chi connectivity index (χ0n) is 14.3. The Morgan fingerprint density at radius 3 is 2.38 bits per heavy atom. The zero-order chi connectivity index (χ0) is 16.8. The van der Waals surface area contributed by atoms with Gasteiger partial charge >= 0.3 is 0 Å². The van der Waals surface area contributed by atoms with Crippen LogP contribution in [0.25, 0.3) is 0 Å². The van der Waals surface area contributed by atoms with Crippen molar-refractivity contribution in [3.05, 3.63) is 66.2 Å². The third kappa shape index (κ3) is 5.08. The topological polar surface area (TPSA) is 30.5 Å². The Morgan fingerprint density at radius 1 is 1.08 bits per heavy atom. The van der Waals surface area contributed by atoms with Crippen molar-refractivity contribution in [2.75, 3.05) is 12.4 Å². The van der Waals surface area contributed by atoms with Gasteiger partial charge in [-0.25, -0.2) is 0 Å². The van der Waals surface area contributed by atoms with Crippen LogP contribution in [0, 0.1) is 0 Å². The summed E-state index contributed by atoms with van der Waals surface area (Å²) in [6, 6.07) is 21.2. The molecule has 128 valence electrons. The molecule has 0 unspecified atom stereocenters. The number of hydrogen-bond donors (Lipinski definition) is 1. The zero-order valence-corrected chi connectivity index (χ0v) is 15.1. The number of ether oxygens (including phenoxy) is 2. The summed E-state index contributed by atoms with van der Waals surface area (Å²) in [6.07, 6.45) is 0.0694. The highest BCUT2D eigenvalue weighted by molar-refractivity contribution is 7.99. The molecule has 3 nitrogen and oxygen atoms in total. The van der Waals surface area contributed by atoms with Gasteiger partial charge < -0.3 is 14.8 Å². The van der Waals surface area contributed by atoms with Gasteiger partial charge in [0.05, 0.1) is 6.61 Å². The molecule has 0 saturated carbocycles. The average molecular weight is 343 g/mol. The van der Waals surface area contributed by atoms with Gasteiger partial charge in [-0.15, -0.1) is 11.8 Å². The minimum atomic E-state index is -0.491. The van der Waals surface area contributed by atoms with E-state index < -0.39 is 5.79 Å². The normalized spacial score (nSPS) is 20.8. The molecule has 2 aromatic rings. The summed E-state index contributed by atoms with van der Waals surface area (Å²) in [5.41, 5.74) is 1.28. The van der Waals surface area contributed by atoms with Gasteiger partial charge in [0.1, 0.15) is 6.10 Å². The van der Waals surface area contributed by atoms with Crippen LogP contribution in [0.1, 0.15) is 19.4 Å². The van der Waals surface area contributed by atoms with Crippen molar-refractivity contribution in [3.8, 4) is 0 Å². The van der Waals surface area contributed by atoms with Crippen molar-refractivity contribution >= 4 is 11.8 Å². The van der Waals surface area contributed by atoms with E-state index in [1.165, 1.54) is 10.5 Å². The molecule has 1 aliphatic heterocycles. The van der Waals surface area contributed by atoms with Gasteiger partial charge in [-0.2, -0.15) is 0 Å². The second kappa shape index (κ2) is 8.17. The average Bonchev–Trinajstić information content (AvgIpc) is 2.96. The molecule has 24 heavy (non-hydrogen) atoms. The molecule has 0 aromatic heterocycles. The third-order valence-electron chi connectivity index (χ3n) is 4.06. The Morgan fingerprint density at radius 2 is 1.75 bits per heavy atom. The molecule has 2 aromatic carbocycles. The largest absolute Gasteiger partial charge is 0.348 e. The molecule has 1 saturated heterocycles. The summed E-state index contributed by atoms with van der Waals surface area (Å²) in [4.78, 5) is 1.28. The van der Waals surface area contributed by atoms with Crippen molar-refractivity contribution < 1.29 is 9.47 Å². The van der Waals surface area contributed by atoms with E-state index in [0.717, 1.165) is 12.3 Å². The van der Waals surface area contributed by atoms with E-state index in [2.05, 4.69) is 53.8 Å². The maximum absolute atomic E-state index is 6.09. The van der Waals surface area contributed by atoms with Gasteiger partial charge in [-0.3, -0.25) is 0 Å². The summed E-state index contributed by atoms with van der Waals surface area (Å²) < 4.78 is 11.9. The fourth-order valence-electron chi connectivity index (χ4n) is 2.76. The molecule has 2 atom stereocenters. The van der Waals surface area contributed by atoms with Crippen LogP contribution in [-0.4, -0.2) is 30.3 Å². The Balaban J connectivity index is 1.62.